The zero-order chi connectivity index (χ0) is 14.5. The van der Waals surface area contributed by atoms with Crippen LogP contribution in [-0.2, 0) is 4.74 Å². The molecular formula is C15H23N3O2. The van der Waals surface area contributed by atoms with Crippen LogP contribution in [0, 0.1) is 6.92 Å². The first-order valence-corrected chi connectivity index (χ1v) is 7.10. The third-order valence-electron chi connectivity index (χ3n) is 3.72. The molecule has 1 saturated heterocycles. The van der Waals surface area contributed by atoms with E-state index < -0.39 is 0 Å². The summed E-state index contributed by atoms with van der Waals surface area (Å²) in [7, 11) is 0. The van der Waals surface area contributed by atoms with Gasteiger partial charge in [-0.1, -0.05) is 16.8 Å². The van der Waals surface area contributed by atoms with Crippen LogP contribution in [0.4, 0.5) is 5.69 Å². The van der Waals surface area contributed by atoms with Crippen LogP contribution in [0.3, 0.4) is 0 Å². The van der Waals surface area contributed by atoms with Crippen molar-refractivity contribution in [3.05, 3.63) is 29.3 Å². The molecule has 0 bridgehead atoms. The maximum absolute atomic E-state index is 8.94. The maximum Gasteiger partial charge on any atom is 0.172 e. The molecule has 1 aliphatic heterocycles. The van der Waals surface area contributed by atoms with Crippen LogP contribution in [-0.4, -0.2) is 36.8 Å². The van der Waals surface area contributed by atoms with Crippen molar-refractivity contribution in [2.45, 2.75) is 32.8 Å². The lowest BCUT2D eigenvalue weighted by atomic mass is 10.0. The summed E-state index contributed by atoms with van der Waals surface area (Å²) in [5.41, 5.74) is 8.71. The minimum Gasteiger partial charge on any atom is -0.409 e. The predicted octanol–water partition coefficient (Wildman–Crippen LogP) is 2.09. The Hall–Kier alpha value is -1.75. The first-order valence-electron chi connectivity index (χ1n) is 7.10. The van der Waals surface area contributed by atoms with Gasteiger partial charge in [-0.2, -0.15) is 0 Å². The molecule has 2 rings (SSSR count). The van der Waals surface area contributed by atoms with Crippen LogP contribution in [0.2, 0.25) is 0 Å². The predicted molar refractivity (Wildman–Crippen MR) is 80.6 cm³/mol. The number of nitrogens with zero attached hydrogens (tertiary/aromatic N) is 2. The number of piperidine rings is 1. The Balaban J connectivity index is 2.17. The smallest absolute Gasteiger partial charge is 0.172 e. The summed E-state index contributed by atoms with van der Waals surface area (Å²) in [5, 5.41) is 12.1. The Bertz CT molecular complexity index is 480. The second-order valence-electron chi connectivity index (χ2n) is 5.15. The molecule has 3 N–H and O–H groups in total. The third kappa shape index (κ3) is 3.22. The molecule has 0 aromatic heterocycles. The Kier molecular flexibility index (Phi) is 4.84. The second-order valence-corrected chi connectivity index (χ2v) is 5.15. The van der Waals surface area contributed by atoms with Crippen molar-refractivity contribution in [2.24, 2.45) is 10.9 Å². The molecule has 0 atom stereocenters. The summed E-state index contributed by atoms with van der Waals surface area (Å²) in [4.78, 5) is 2.28. The van der Waals surface area contributed by atoms with Crippen LogP contribution in [0.15, 0.2) is 23.4 Å². The van der Waals surface area contributed by atoms with Crippen molar-refractivity contribution in [2.75, 3.05) is 24.6 Å². The first kappa shape index (κ1) is 14.7. The highest BCUT2D eigenvalue weighted by atomic mass is 16.5. The van der Waals surface area contributed by atoms with Gasteiger partial charge in [0.15, 0.2) is 5.84 Å². The average molecular weight is 277 g/mol. The molecule has 20 heavy (non-hydrogen) atoms. The topological polar surface area (TPSA) is 71.1 Å². The number of benzene rings is 1. The molecule has 110 valence electrons. The van der Waals surface area contributed by atoms with Crippen molar-refractivity contribution in [3.63, 3.8) is 0 Å². The molecule has 5 nitrogen and oxygen atoms in total. The van der Waals surface area contributed by atoms with Crippen molar-refractivity contribution < 1.29 is 9.94 Å². The zero-order valence-corrected chi connectivity index (χ0v) is 12.2. The normalized spacial score (nSPS) is 17.5. The lowest BCUT2D eigenvalue weighted by molar-refractivity contribution is 0.0459. The van der Waals surface area contributed by atoms with Gasteiger partial charge < -0.3 is 20.6 Å². The Morgan fingerprint density at radius 3 is 2.75 bits per heavy atom. The fraction of sp³-hybridized carbons (Fsp3) is 0.533. The molecule has 5 heteroatoms. The van der Waals surface area contributed by atoms with Gasteiger partial charge in [-0.05, 0) is 38.8 Å². The monoisotopic (exact) mass is 277 g/mol. The lowest BCUT2D eigenvalue weighted by Crippen LogP contribution is -2.38. The van der Waals surface area contributed by atoms with Crippen LogP contribution in [0.1, 0.15) is 30.9 Å². The molecule has 0 aliphatic carbocycles. The van der Waals surface area contributed by atoms with Crippen LogP contribution in [0.25, 0.3) is 0 Å². The van der Waals surface area contributed by atoms with Crippen LogP contribution < -0.4 is 10.6 Å². The number of anilines is 1. The van der Waals surface area contributed by atoms with E-state index in [-0.39, 0.29) is 5.84 Å². The quantitative estimate of drug-likeness (QED) is 0.382. The van der Waals surface area contributed by atoms with Gasteiger partial charge in [-0.15, -0.1) is 0 Å². The van der Waals surface area contributed by atoms with Crippen LogP contribution >= 0.6 is 0 Å². The van der Waals surface area contributed by atoms with Crippen molar-refractivity contribution in [1.29, 1.82) is 0 Å². The highest BCUT2D eigenvalue weighted by Gasteiger charge is 2.22. The largest absolute Gasteiger partial charge is 0.409 e. The molecular weight excluding hydrogens is 254 g/mol. The summed E-state index contributed by atoms with van der Waals surface area (Å²) in [5.74, 6) is 0.163. The van der Waals surface area contributed by atoms with E-state index in [1.165, 1.54) is 0 Å². The summed E-state index contributed by atoms with van der Waals surface area (Å²) in [6.07, 6.45) is 2.38. The van der Waals surface area contributed by atoms with Gasteiger partial charge in [0.2, 0.25) is 0 Å². The van der Waals surface area contributed by atoms with Gasteiger partial charge in [0.25, 0.3) is 0 Å². The molecule has 0 radical (unpaired) electrons. The van der Waals surface area contributed by atoms with E-state index in [0.29, 0.717) is 6.10 Å². The number of nitrogens with two attached hydrogens (primary N) is 1. The minimum atomic E-state index is 0.163. The van der Waals surface area contributed by atoms with E-state index in [1.54, 1.807) is 0 Å². The number of amidine groups is 1. The van der Waals surface area contributed by atoms with E-state index >= 15 is 0 Å². The molecule has 0 saturated carbocycles. The molecule has 1 aliphatic rings. The van der Waals surface area contributed by atoms with Gasteiger partial charge in [0.05, 0.1) is 6.10 Å². The van der Waals surface area contributed by atoms with Crippen molar-refractivity contribution >= 4 is 11.5 Å². The molecule has 0 amide bonds. The van der Waals surface area contributed by atoms with Crippen LogP contribution in [0.5, 0.6) is 0 Å². The molecule has 1 aromatic carbocycles. The second kappa shape index (κ2) is 6.61. The molecule has 1 aromatic rings. The molecule has 0 spiro atoms. The lowest BCUT2D eigenvalue weighted by Gasteiger charge is -2.34. The Labute approximate surface area is 120 Å². The third-order valence-corrected chi connectivity index (χ3v) is 3.72. The van der Waals surface area contributed by atoms with E-state index in [1.807, 2.05) is 26.0 Å². The summed E-state index contributed by atoms with van der Waals surface area (Å²) in [6.45, 7) is 6.66. The number of hydrogen-bond donors (Lipinski definition) is 2. The fourth-order valence-electron chi connectivity index (χ4n) is 2.68. The number of ether oxygens (including phenoxy) is 1. The highest BCUT2D eigenvalue weighted by Crippen LogP contribution is 2.26. The van der Waals surface area contributed by atoms with E-state index in [9.17, 15) is 0 Å². The number of hydrogen-bond acceptors (Lipinski definition) is 4. The zero-order valence-electron chi connectivity index (χ0n) is 12.2. The van der Waals surface area contributed by atoms with Gasteiger partial charge in [-0.3, -0.25) is 0 Å². The number of oxime groups is 1. The van der Waals surface area contributed by atoms with Gasteiger partial charge in [0, 0.05) is 30.9 Å². The maximum atomic E-state index is 8.94. The van der Waals surface area contributed by atoms with Gasteiger partial charge >= 0.3 is 0 Å². The van der Waals surface area contributed by atoms with Crippen molar-refractivity contribution in [3.8, 4) is 0 Å². The van der Waals surface area contributed by atoms with Gasteiger partial charge in [-0.25, -0.2) is 0 Å². The minimum absolute atomic E-state index is 0.163. The van der Waals surface area contributed by atoms with E-state index in [2.05, 4.69) is 16.1 Å². The number of aryl methyl sites for hydroxylation is 1. The number of rotatable bonds is 4. The summed E-state index contributed by atoms with van der Waals surface area (Å²) >= 11 is 0. The molecule has 1 heterocycles. The molecule has 0 unspecified atom stereocenters. The SMILES string of the molecule is CCOC1CCN(c2ccc(C)cc2/C(N)=N/O)CC1. The van der Waals surface area contributed by atoms with Crippen molar-refractivity contribution in [1.82, 2.24) is 0 Å². The fourth-order valence-corrected chi connectivity index (χ4v) is 2.68. The average Bonchev–Trinajstić information content (AvgIpc) is 2.47. The Morgan fingerprint density at radius 1 is 1.45 bits per heavy atom. The van der Waals surface area contributed by atoms with E-state index in [4.69, 9.17) is 15.7 Å². The first-order chi connectivity index (χ1) is 9.65. The Morgan fingerprint density at radius 2 is 2.15 bits per heavy atom. The molecule has 1 fully saturated rings. The van der Waals surface area contributed by atoms with Gasteiger partial charge in [0.1, 0.15) is 0 Å². The van der Waals surface area contributed by atoms with E-state index in [0.717, 1.165) is 49.4 Å². The summed E-state index contributed by atoms with van der Waals surface area (Å²) < 4.78 is 5.67. The highest BCUT2D eigenvalue weighted by molar-refractivity contribution is 6.02. The summed E-state index contributed by atoms with van der Waals surface area (Å²) in [6, 6.07) is 6.06. The standard InChI is InChI=1S/C15H23N3O2/c1-3-20-12-6-8-18(9-7-12)14-5-4-11(2)10-13(14)15(16)17-19/h4-5,10,12,19H,3,6-9H2,1-2H3,(H2,16,17).